The second kappa shape index (κ2) is 7.84. The van der Waals surface area contributed by atoms with E-state index in [9.17, 15) is 4.79 Å². The van der Waals surface area contributed by atoms with Gasteiger partial charge in [-0.3, -0.25) is 4.79 Å². The third kappa shape index (κ3) is 3.91. The van der Waals surface area contributed by atoms with Gasteiger partial charge in [0.05, 0.1) is 6.04 Å². The Labute approximate surface area is 164 Å². The fourth-order valence-corrected chi connectivity index (χ4v) is 3.46. The Balaban J connectivity index is 1.44. The van der Waals surface area contributed by atoms with E-state index >= 15 is 0 Å². The first-order valence-corrected chi connectivity index (χ1v) is 9.50. The van der Waals surface area contributed by atoms with Crippen molar-refractivity contribution >= 4 is 5.91 Å². The molecule has 144 valence electrons. The molecule has 2 heterocycles. The molecule has 0 radical (unpaired) electrons. The van der Waals surface area contributed by atoms with Gasteiger partial charge in [0, 0.05) is 12.1 Å². The largest absolute Gasteiger partial charge is 0.484 e. The molecule has 1 saturated heterocycles. The van der Waals surface area contributed by atoms with Crippen LogP contribution in [0.4, 0.5) is 0 Å². The number of rotatable bonds is 5. The quantitative estimate of drug-likeness (QED) is 0.665. The maximum atomic E-state index is 12.9. The Morgan fingerprint density at radius 1 is 1.18 bits per heavy atom. The number of aromatic nitrogens is 2. The van der Waals surface area contributed by atoms with Crippen molar-refractivity contribution in [2.75, 3.05) is 6.54 Å². The van der Waals surface area contributed by atoms with Crippen molar-refractivity contribution in [3.05, 3.63) is 76.9 Å². The van der Waals surface area contributed by atoms with Gasteiger partial charge >= 0.3 is 0 Å². The van der Waals surface area contributed by atoms with Gasteiger partial charge in [-0.25, -0.2) is 0 Å². The number of carbonyl (C=O) groups is 1. The lowest BCUT2D eigenvalue weighted by atomic mass is 10.1. The van der Waals surface area contributed by atoms with E-state index in [0.717, 1.165) is 24.2 Å². The highest BCUT2D eigenvalue weighted by Crippen LogP contribution is 2.31. The topological polar surface area (TPSA) is 68.5 Å². The van der Waals surface area contributed by atoms with Gasteiger partial charge in [0.2, 0.25) is 0 Å². The fraction of sp³-hybridized carbons (Fsp3) is 0.318. The third-order valence-electron chi connectivity index (χ3n) is 4.94. The molecule has 0 spiro atoms. The molecule has 0 saturated carbocycles. The first kappa shape index (κ1) is 18.2. The average Bonchev–Trinajstić information content (AvgIpc) is 3.36. The van der Waals surface area contributed by atoms with Crippen LogP contribution in [0.5, 0.6) is 5.75 Å². The maximum absolute atomic E-state index is 12.9. The summed E-state index contributed by atoms with van der Waals surface area (Å²) in [4.78, 5) is 19.3. The predicted octanol–water partition coefficient (Wildman–Crippen LogP) is 4.24. The van der Waals surface area contributed by atoms with Gasteiger partial charge in [0.25, 0.3) is 11.8 Å². The summed E-state index contributed by atoms with van der Waals surface area (Å²) in [5.41, 5.74) is 2.93. The van der Waals surface area contributed by atoms with Crippen LogP contribution in [0.1, 0.15) is 52.1 Å². The van der Waals surface area contributed by atoms with Crippen LogP contribution in [0.2, 0.25) is 0 Å². The standard InChI is InChI=1S/C22H23N3O3/c1-15-8-10-18(11-9-15)27-14-20-23-21(24-28-20)19-7-4-12-25(19)22(26)17-6-3-5-16(2)13-17/h3,5-6,8-11,13,19H,4,7,12,14H2,1-2H3. The molecular weight excluding hydrogens is 354 g/mol. The molecule has 1 fully saturated rings. The second-order valence-electron chi connectivity index (χ2n) is 7.17. The van der Waals surface area contributed by atoms with Crippen LogP contribution in [0.15, 0.2) is 53.1 Å². The Bertz CT molecular complexity index is 965. The average molecular weight is 377 g/mol. The summed E-state index contributed by atoms with van der Waals surface area (Å²) in [7, 11) is 0. The summed E-state index contributed by atoms with van der Waals surface area (Å²) < 4.78 is 11.1. The summed E-state index contributed by atoms with van der Waals surface area (Å²) in [6, 6.07) is 15.3. The van der Waals surface area contributed by atoms with E-state index in [0.29, 0.717) is 23.8 Å². The smallest absolute Gasteiger partial charge is 0.264 e. The minimum absolute atomic E-state index is 0.00783. The molecule has 0 N–H and O–H groups in total. The van der Waals surface area contributed by atoms with Crippen LogP contribution in [0.3, 0.4) is 0 Å². The lowest BCUT2D eigenvalue weighted by Gasteiger charge is -2.22. The number of ether oxygens (including phenoxy) is 1. The van der Waals surface area contributed by atoms with Crippen LogP contribution in [0, 0.1) is 13.8 Å². The lowest BCUT2D eigenvalue weighted by Crippen LogP contribution is -2.31. The molecule has 6 heteroatoms. The molecule has 1 aromatic heterocycles. The van der Waals surface area contributed by atoms with Crippen molar-refractivity contribution in [2.45, 2.75) is 39.3 Å². The SMILES string of the molecule is Cc1ccc(OCc2nc(C3CCCN3C(=O)c3cccc(C)c3)no2)cc1. The normalized spacial score (nSPS) is 16.4. The number of amides is 1. The highest BCUT2D eigenvalue weighted by molar-refractivity contribution is 5.94. The highest BCUT2D eigenvalue weighted by atomic mass is 16.5. The molecule has 4 rings (SSSR count). The number of hydrogen-bond donors (Lipinski definition) is 0. The summed E-state index contributed by atoms with van der Waals surface area (Å²) in [6.07, 6.45) is 1.75. The Kier molecular flexibility index (Phi) is 5.10. The third-order valence-corrected chi connectivity index (χ3v) is 4.94. The number of carbonyl (C=O) groups excluding carboxylic acids is 1. The van der Waals surface area contributed by atoms with Crippen LogP contribution >= 0.6 is 0 Å². The van der Waals surface area contributed by atoms with Gasteiger partial charge in [-0.1, -0.05) is 40.5 Å². The fourth-order valence-electron chi connectivity index (χ4n) is 3.46. The van der Waals surface area contributed by atoms with Crippen LogP contribution in [-0.2, 0) is 6.61 Å². The van der Waals surface area contributed by atoms with Crippen molar-refractivity contribution < 1.29 is 14.1 Å². The van der Waals surface area contributed by atoms with Gasteiger partial charge in [-0.05, 0) is 51.0 Å². The molecule has 28 heavy (non-hydrogen) atoms. The predicted molar refractivity (Wildman–Crippen MR) is 104 cm³/mol. The highest BCUT2D eigenvalue weighted by Gasteiger charge is 2.34. The maximum Gasteiger partial charge on any atom is 0.264 e. The molecule has 2 aromatic carbocycles. The van der Waals surface area contributed by atoms with Crippen LogP contribution in [-0.4, -0.2) is 27.5 Å². The van der Waals surface area contributed by atoms with E-state index in [4.69, 9.17) is 9.26 Å². The van der Waals surface area contributed by atoms with Crippen molar-refractivity contribution in [1.82, 2.24) is 15.0 Å². The monoisotopic (exact) mass is 377 g/mol. The molecule has 0 aliphatic carbocycles. The van der Waals surface area contributed by atoms with Gasteiger partial charge < -0.3 is 14.2 Å². The number of aryl methyl sites for hydroxylation is 2. The number of benzene rings is 2. The van der Waals surface area contributed by atoms with Crippen molar-refractivity contribution in [3.8, 4) is 5.75 Å². The van der Waals surface area contributed by atoms with Gasteiger partial charge in [0.1, 0.15) is 5.75 Å². The van der Waals surface area contributed by atoms with Crippen molar-refractivity contribution in [2.24, 2.45) is 0 Å². The molecule has 6 nitrogen and oxygen atoms in total. The molecule has 3 aromatic rings. The van der Waals surface area contributed by atoms with Gasteiger partial charge in [-0.2, -0.15) is 4.98 Å². The molecule has 1 atom stereocenters. The number of nitrogens with zero attached hydrogens (tertiary/aromatic N) is 3. The molecule has 1 aliphatic rings. The summed E-state index contributed by atoms with van der Waals surface area (Å²) in [5.74, 6) is 1.71. The van der Waals surface area contributed by atoms with E-state index < -0.39 is 0 Å². The Morgan fingerprint density at radius 3 is 2.79 bits per heavy atom. The zero-order valence-corrected chi connectivity index (χ0v) is 16.1. The lowest BCUT2D eigenvalue weighted by molar-refractivity contribution is 0.0728. The van der Waals surface area contributed by atoms with E-state index in [1.165, 1.54) is 5.56 Å². The van der Waals surface area contributed by atoms with Crippen LogP contribution < -0.4 is 4.74 Å². The minimum atomic E-state index is -0.162. The van der Waals surface area contributed by atoms with Crippen molar-refractivity contribution in [3.63, 3.8) is 0 Å². The molecule has 1 aliphatic heterocycles. The van der Waals surface area contributed by atoms with Gasteiger partial charge in [0.15, 0.2) is 12.4 Å². The van der Waals surface area contributed by atoms with E-state index in [-0.39, 0.29) is 18.6 Å². The summed E-state index contributed by atoms with van der Waals surface area (Å²) in [5, 5.41) is 4.11. The van der Waals surface area contributed by atoms with E-state index in [1.54, 1.807) is 0 Å². The minimum Gasteiger partial charge on any atom is -0.484 e. The first-order valence-electron chi connectivity index (χ1n) is 9.50. The Morgan fingerprint density at radius 2 is 2.00 bits per heavy atom. The molecule has 1 unspecified atom stereocenters. The number of likely N-dealkylation sites (tertiary alicyclic amines) is 1. The summed E-state index contributed by atoms with van der Waals surface area (Å²) in [6.45, 7) is 4.91. The first-order chi connectivity index (χ1) is 13.6. The van der Waals surface area contributed by atoms with E-state index in [2.05, 4.69) is 10.1 Å². The summed E-state index contributed by atoms with van der Waals surface area (Å²) >= 11 is 0. The number of hydrogen-bond acceptors (Lipinski definition) is 5. The molecular formula is C22H23N3O3. The Hall–Kier alpha value is -3.15. The van der Waals surface area contributed by atoms with Crippen LogP contribution in [0.25, 0.3) is 0 Å². The zero-order valence-electron chi connectivity index (χ0n) is 16.1. The second-order valence-corrected chi connectivity index (χ2v) is 7.17. The van der Waals surface area contributed by atoms with Crippen molar-refractivity contribution in [1.29, 1.82) is 0 Å². The molecule has 0 bridgehead atoms. The van der Waals surface area contributed by atoms with E-state index in [1.807, 2.05) is 67.3 Å². The zero-order chi connectivity index (χ0) is 19.5. The molecule has 1 amide bonds. The van der Waals surface area contributed by atoms with Gasteiger partial charge in [-0.15, -0.1) is 0 Å².